The average molecular weight is 369 g/mol. The molecule has 3 aromatic rings. The Balaban J connectivity index is 2.01. The average Bonchev–Trinajstić information content (AvgIpc) is 2.52. The fraction of sp³-hybridized carbons (Fsp3) is 0. The maximum absolute atomic E-state index is 12.3. The number of carbonyl (C=O) groups is 1. The van der Waals surface area contributed by atoms with Gasteiger partial charge in [-0.2, -0.15) is 0 Å². The van der Waals surface area contributed by atoms with Crippen LogP contribution in [0.3, 0.4) is 0 Å². The molecule has 2 aromatic carbocycles. The van der Waals surface area contributed by atoms with Crippen LogP contribution >= 0.6 is 34.8 Å². The molecule has 23 heavy (non-hydrogen) atoms. The zero-order chi connectivity index (χ0) is 16.6. The lowest BCUT2D eigenvalue weighted by Crippen LogP contribution is -2.15. The van der Waals surface area contributed by atoms with Crippen molar-refractivity contribution in [3.8, 4) is 5.75 Å². The second-order valence-corrected chi connectivity index (χ2v) is 5.84. The maximum atomic E-state index is 12.3. The van der Waals surface area contributed by atoms with Crippen LogP contribution in [-0.2, 0) is 0 Å². The number of nitrogens with one attached hydrogen (secondary N) is 1. The van der Waals surface area contributed by atoms with Crippen LogP contribution in [0.1, 0.15) is 10.5 Å². The third-order valence-corrected chi connectivity index (χ3v) is 4.16. The summed E-state index contributed by atoms with van der Waals surface area (Å²) in [6.45, 7) is 0. The number of halogens is 3. The minimum absolute atomic E-state index is 0.193. The van der Waals surface area contributed by atoms with Crippen molar-refractivity contribution >= 4 is 57.3 Å². The summed E-state index contributed by atoms with van der Waals surface area (Å²) in [4.78, 5) is 12.3. The number of nitrogens with zero attached hydrogens (tertiary/aromatic N) is 2. The Bertz CT molecular complexity index is 931. The van der Waals surface area contributed by atoms with E-state index in [1.54, 1.807) is 30.3 Å². The van der Waals surface area contributed by atoms with Crippen LogP contribution in [-0.4, -0.2) is 21.2 Å². The Morgan fingerprint density at radius 3 is 2.65 bits per heavy atom. The van der Waals surface area contributed by atoms with Crippen LogP contribution in [0.15, 0.2) is 36.4 Å². The molecule has 2 N–H and O–H groups in total. The van der Waals surface area contributed by atoms with Crippen LogP contribution in [0.4, 0.5) is 5.69 Å². The van der Waals surface area contributed by atoms with Crippen LogP contribution in [0.2, 0.25) is 15.1 Å². The van der Waals surface area contributed by atoms with E-state index < -0.39 is 5.91 Å². The third kappa shape index (κ3) is 3.03. The number of carbonyl (C=O) groups excluding carboxylic acids is 1. The van der Waals surface area contributed by atoms with Gasteiger partial charge < -0.3 is 10.4 Å². The normalized spacial score (nSPS) is 10.7. The molecule has 5 nitrogen and oxygen atoms in total. The third-order valence-electron chi connectivity index (χ3n) is 3.11. The predicted molar refractivity (Wildman–Crippen MR) is 90.6 cm³/mol. The number of aromatic nitrogens is 2. The van der Waals surface area contributed by atoms with Gasteiger partial charge in [-0.25, -0.2) is 0 Å². The highest BCUT2D eigenvalue weighted by Crippen LogP contribution is 2.31. The summed E-state index contributed by atoms with van der Waals surface area (Å²) in [6, 6.07) is 9.52. The second kappa shape index (κ2) is 6.20. The Hall–Kier alpha value is -2.08. The molecule has 0 unspecified atom stereocenters. The molecule has 0 saturated heterocycles. The standard InChI is InChI=1S/C15H8Cl3N3O2/c16-7-4-5-10-8(6-7)14(22)13(21-20-10)15(23)19-11-3-1-2-9(17)12(11)18/h1-6H,(H,19,23)(H,20,22). The Labute approximate surface area is 145 Å². The summed E-state index contributed by atoms with van der Waals surface area (Å²) >= 11 is 17.8. The number of anilines is 1. The first kappa shape index (κ1) is 15.8. The van der Waals surface area contributed by atoms with Crippen molar-refractivity contribution in [2.75, 3.05) is 5.32 Å². The number of aromatic hydroxyl groups is 1. The van der Waals surface area contributed by atoms with E-state index in [1.165, 1.54) is 6.07 Å². The van der Waals surface area contributed by atoms with Crippen molar-refractivity contribution in [2.24, 2.45) is 0 Å². The molecule has 0 atom stereocenters. The molecule has 0 saturated carbocycles. The molecule has 116 valence electrons. The molecular formula is C15H8Cl3N3O2. The summed E-state index contributed by atoms with van der Waals surface area (Å²) in [5.41, 5.74) is 0.483. The van der Waals surface area contributed by atoms with Crippen LogP contribution in [0, 0.1) is 0 Å². The first-order valence-electron chi connectivity index (χ1n) is 6.37. The molecule has 0 radical (unpaired) electrons. The summed E-state index contributed by atoms with van der Waals surface area (Å²) < 4.78 is 0. The Kier molecular flexibility index (Phi) is 4.26. The van der Waals surface area contributed by atoms with Gasteiger partial charge in [0.2, 0.25) is 0 Å². The van der Waals surface area contributed by atoms with Gasteiger partial charge in [0.15, 0.2) is 11.4 Å². The predicted octanol–water partition coefficient (Wildman–Crippen LogP) is 4.55. The monoisotopic (exact) mass is 367 g/mol. The van der Waals surface area contributed by atoms with E-state index in [1.807, 2.05) is 0 Å². The summed E-state index contributed by atoms with van der Waals surface area (Å²) in [6.07, 6.45) is 0. The van der Waals surface area contributed by atoms with E-state index in [4.69, 9.17) is 34.8 Å². The smallest absolute Gasteiger partial charge is 0.280 e. The number of hydrogen-bond acceptors (Lipinski definition) is 4. The van der Waals surface area contributed by atoms with Gasteiger partial charge in [-0.05, 0) is 30.3 Å². The lowest BCUT2D eigenvalue weighted by atomic mass is 10.2. The van der Waals surface area contributed by atoms with Crippen molar-refractivity contribution in [1.29, 1.82) is 0 Å². The van der Waals surface area contributed by atoms with E-state index in [0.717, 1.165) is 0 Å². The molecule has 0 aliphatic carbocycles. The molecule has 8 heteroatoms. The molecule has 3 rings (SSSR count). The fourth-order valence-corrected chi connectivity index (χ4v) is 2.52. The molecular weight excluding hydrogens is 361 g/mol. The van der Waals surface area contributed by atoms with E-state index >= 15 is 0 Å². The van der Waals surface area contributed by atoms with E-state index in [-0.39, 0.29) is 16.5 Å². The first-order chi connectivity index (χ1) is 11.0. The molecule has 1 amide bonds. The molecule has 0 aliphatic rings. The van der Waals surface area contributed by atoms with E-state index in [0.29, 0.717) is 26.6 Å². The van der Waals surface area contributed by atoms with Gasteiger partial charge in [0.25, 0.3) is 5.91 Å². The number of rotatable bonds is 2. The van der Waals surface area contributed by atoms with Gasteiger partial charge in [-0.15, -0.1) is 10.2 Å². The van der Waals surface area contributed by atoms with Crippen molar-refractivity contribution in [3.63, 3.8) is 0 Å². The summed E-state index contributed by atoms with van der Waals surface area (Å²) in [5.74, 6) is -0.978. The highest BCUT2D eigenvalue weighted by atomic mass is 35.5. The van der Waals surface area contributed by atoms with Gasteiger partial charge in [0.05, 0.1) is 21.2 Å². The van der Waals surface area contributed by atoms with Crippen LogP contribution < -0.4 is 5.32 Å². The van der Waals surface area contributed by atoms with Gasteiger partial charge >= 0.3 is 0 Å². The molecule has 1 heterocycles. The first-order valence-corrected chi connectivity index (χ1v) is 7.51. The van der Waals surface area contributed by atoms with E-state index in [9.17, 15) is 9.90 Å². The highest BCUT2D eigenvalue weighted by molar-refractivity contribution is 6.44. The number of hydrogen-bond donors (Lipinski definition) is 2. The highest BCUT2D eigenvalue weighted by Gasteiger charge is 2.18. The Morgan fingerprint density at radius 1 is 1.09 bits per heavy atom. The maximum Gasteiger partial charge on any atom is 0.280 e. The van der Waals surface area contributed by atoms with Crippen LogP contribution in [0.5, 0.6) is 5.75 Å². The van der Waals surface area contributed by atoms with Gasteiger partial charge in [-0.1, -0.05) is 40.9 Å². The Morgan fingerprint density at radius 2 is 1.87 bits per heavy atom. The van der Waals surface area contributed by atoms with Crippen molar-refractivity contribution in [2.45, 2.75) is 0 Å². The topological polar surface area (TPSA) is 75.1 Å². The molecule has 0 spiro atoms. The van der Waals surface area contributed by atoms with Gasteiger partial charge in [0.1, 0.15) is 0 Å². The molecule has 0 aliphatic heterocycles. The summed E-state index contributed by atoms with van der Waals surface area (Å²) in [7, 11) is 0. The SMILES string of the molecule is O=C(Nc1cccc(Cl)c1Cl)c1nnc2ccc(Cl)cc2c1O. The number of amides is 1. The molecule has 0 fully saturated rings. The van der Waals surface area contributed by atoms with Crippen molar-refractivity contribution < 1.29 is 9.90 Å². The minimum atomic E-state index is -0.666. The largest absolute Gasteiger partial charge is 0.505 e. The zero-order valence-corrected chi connectivity index (χ0v) is 13.6. The van der Waals surface area contributed by atoms with Crippen molar-refractivity contribution in [1.82, 2.24) is 10.2 Å². The quantitative estimate of drug-likeness (QED) is 0.696. The lowest BCUT2D eigenvalue weighted by molar-refractivity contribution is 0.101. The van der Waals surface area contributed by atoms with Gasteiger partial charge in [-0.3, -0.25) is 4.79 Å². The molecule has 1 aromatic heterocycles. The number of benzene rings is 2. The van der Waals surface area contributed by atoms with Crippen LogP contribution in [0.25, 0.3) is 10.9 Å². The second-order valence-electron chi connectivity index (χ2n) is 4.61. The lowest BCUT2D eigenvalue weighted by Gasteiger charge is -2.09. The van der Waals surface area contributed by atoms with Gasteiger partial charge in [0, 0.05) is 10.4 Å². The fourth-order valence-electron chi connectivity index (χ4n) is 2.00. The summed E-state index contributed by atoms with van der Waals surface area (Å²) in [5, 5.41) is 21.7. The number of fused-ring (bicyclic) bond motifs is 1. The minimum Gasteiger partial charge on any atom is -0.505 e. The molecule has 0 bridgehead atoms. The van der Waals surface area contributed by atoms with Crippen molar-refractivity contribution in [3.05, 3.63) is 57.2 Å². The zero-order valence-electron chi connectivity index (χ0n) is 11.3. The van der Waals surface area contributed by atoms with E-state index in [2.05, 4.69) is 15.5 Å².